The van der Waals surface area contributed by atoms with Gasteiger partial charge >= 0.3 is 0 Å². The largest absolute Gasteiger partial charge is 0.493 e. The van der Waals surface area contributed by atoms with E-state index in [0.29, 0.717) is 6.61 Å². The second kappa shape index (κ2) is 6.68. The summed E-state index contributed by atoms with van der Waals surface area (Å²) in [6.45, 7) is 6.18. The normalized spacial score (nSPS) is 8.00. The van der Waals surface area contributed by atoms with Crippen molar-refractivity contribution >= 4 is 15.9 Å². The van der Waals surface area contributed by atoms with Crippen LogP contribution in [-0.4, -0.2) is 6.61 Å². The zero-order valence-electron chi connectivity index (χ0n) is 6.83. The summed E-state index contributed by atoms with van der Waals surface area (Å²) >= 11 is 3.37. The molecule has 0 saturated carbocycles. The van der Waals surface area contributed by atoms with E-state index >= 15 is 0 Å². The summed E-state index contributed by atoms with van der Waals surface area (Å²) in [5.41, 5.74) is 0. The Morgan fingerprint density at radius 1 is 1.42 bits per heavy atom. The SMILES string of the molecule is C#N.CCOc1ccccc1Br. The molecule has 0 fully saturated rings. The lowest BCUT2D eigenvalue weighted by molar-refractivity contribution is 0.338. The first-order valence-electron chi connectivity index (χ1n) is 3.47. The molecule has 1 aromatic rings. The predicted molar refractivity (Wildman–Crippen MR) is 52.0 cm³/mol. The molecule has 0 saturated heterocycles. The third-order valence-electron chi connectivity index (χ3n) is 1.14. The Balaban J connectivity index is 0.000000561. The Morgan fingerprint density at radius 2 is 2.00 bits per heavy atom. The van der Waals surface area contributed by atoms with Gasteiger partial charge in [-0.25, -0.2) is 5.26 Å². The molecule has 0 aliphatic carbocycles. The molecule has 0 bridgehead atoms. The fraction of sp³-hybridized carbons (Fsp3) is 0.222. The Labute approximate surface area is 80.9 Å². The molecule has 0 heterocycles. The quantitative estimate of drug-likeness (QED) is 0.779. The summed E-state index contributed by atoms with van der Waals surface area (Å²) in [5, 5.41) is 6.50. The van der Waals surface area contributed by atoms with Crippen LogP contribution in [0.25, 0.3) is 0 Å². The van der Waals surface area contributed by atoms with Crippen molar-refractivity contribution in [3.63, 3.8) is 0 Å². The van der Waals surface area contributed by atoms with Crippen LogP contribution in [0.15, 0.2) is 28.7 Å². The molecule has 1 aromatic carbocycles. The summed E-state index contributed by atoms with van der Waals surface area (Å²) in [4.78, 5) is 0. The number of benzene rings is 1. The minimum Gasteiger partial charge on any atom is -0.493 e. The third kappa shape index (κ3) is 3.40. The lowest BCUT2D eigenvalue weighted by Gasteiger charge is -2.03. The molecular weight excluding hydrogens is 218 g/mol. The first-order valence-corrected chi connectivity index (χ1v) is 4.27. The lowest BCUT2D eigenvalue weighted by Crippen LogP contribution is -1.91. The second-order valence-electron chi connectivity index (χ2n) is 1.86. The van der Waals surface area contributed by atoms with Crippen molar-refractivity contribution in [3.05, 3.63) is 28.7 Å². The molecule has 0 unspecified atom stereocenters. The smallest absolute Gasteiger partial charge is 0.133 e. The van der Waals surface area contributed by atoms with Crippen LogP contribution in [0, 0.1) is 11.8 Å². The number of para-hydroxylation sites is 1. The fourth-order valence-corrected chi connectivity index (χ4v) is 1.12. The summed E-state index contributed by atoms with van der Waals surface area (Å²) in [7, 11) is 0. The van der Waals surface area contributed by atoms with Crippen molar-refractivity contribution in [1.29, 1.82) is 5.26 Å². The van der Waals surface area contributed by atoms with Crippen LogP contribution in [0.3, 0.4) is 0 Å². The molecule has 0 amide bonds. The zero-order chi connectivity index (χ0) is 9.40. The molecule has 12 heavy (non-hydrogen) atoms. The van der Waals surface area contributed by atoms with Gasteiger partial charge in [-0.15, -0.1) is 0 Å². The molecular formula is C9H10BrNO. The van der Waals surface area contributed by atoms with Crippen LogP contribution in [-0.2, 0) is 0 Å². The van der Waals surface area contributed by atoms with E-state index in [2.05, 4.69) is 22.5 Å². The molecule has 2 nitrogen and oxygen atoms in total. The summed E-state index contributed by atoms with van der Waals surface area (Å²) < 4.78 is 6.30. The van der Waals surface area contributed by atoms with Crippen molar-refractivity contribution in [2.75, 3.05) is 6.61 Å². The number of hydrogen-bond acceptors (Lipinski definition) is 2. The van der Waals surface area contributed by atoms with Crippen LogP contribution < -0.4 is 4.74 Å². The number of nitriles is 1. The maximum atomic E-state index is 6.50. The highest BCUT2D eigenvalue weighted by Gasteiger charge is 1.94. The van der Waals surface area contributed by atoms with E-state index in [1.165, 1.54) is 0 Å². The molecule has 0 aliphatic heterocycles. The first-order chi connectivity index (χ1) is 5.84. The standard InChI is InChI=1S/C8H9BrO.CHN/c1-2-10-8-6-4-3-5-7(8)9;1-2/h3-6H,2H2,1H3;1H. The van der Waals surface area contributed by atoms with Crippen molar-refractivity contribution < 1.29 is 4.74 Å². The van der Waals surface area contributed by atoms with Gasteiger partial charge in [0.25, 0.3) is 0 Å². The monoisotopic (exact) mass is 227 g/mol. The van der Waals surface area contributed by atoms with E-state index in [1.54, 1.807) is 0 Å². The van der Waals surface area contributed by atoms with Crippen LogP contribution >= 0.6 is 15.9 Å². The van der Waals surface area contributed by atoms with E-state index in [0.717, 1.165) is 10.2 Å². The molecule has 64 valence electrons. The zero-order valence-corrected chi connectivity index (χ0v) is 8.41. The van der Waals surface area contributed by atoms with E-state index in [1.807, 2.05) is 31.2 Å². The number of ether oxygens (including phenoxy) is 1. The van der Waals surface area contributed by atoms with Gasteiger partial charge in [-0.3, -0.25) is 0 Å². The van der Waals surface area contributed by atoms with Crippen LogP contribution in [0.1, 0.15) is 6.92 Å². The van der Waals surface area contributed by atoms with Gasteiger partial charge in [0.2, 0.25) is 0 Å². The fourth-order valence-electron chi connectivity index (χ4n) is 0.717. The number of halogens is 1. The Kier molecular flexibility index (Phi) is 6.12. The minimum atomic E-state index is 0.711. The molecule has 0 radical (unpaired) electrons. The van der Waals surface area contributed by atoms with E-state index in [-0.39, 0.29) is 0 Å². The van der Waals surface area contributed by atoms with E-state index in [9.17, 15) is 0 Å². The van der Waals surface area contributed by atoms with E-state index < -0.39 is 0 Å². The van der Waals surface area contributed by atoms with Gasteiger partial charge in [-0.05, 0) is 35.0 Å². The highest BCUT2D eigenvalue weighted by molar-refractivity contribution is 9.10. The molecule has 0 aromatic heterocycles. The second-order valence-corrected chi connectivity index (χ2v) is 2.72. The van der Waals surface area contributed by atoms with Gasteiger partial charge < -0.3 is 4.74 Å². The molecule has 0 aliphatic rings. The Morgan fingerprint density at radius 3 is 2.50 bits per heavy atom. The molecule has 0 N–H and O–H groups in total. The number of hydrogen-bond donors (Lipinski definition) is 0. The average molecular weight is 228 g/mol. The molecule has 0 spiro atoms. The van der Waals surface area contributed by atoms with Crippen LogP contribution in [0.5, 0.6) is 5.75 Å². The highest BCUT2D eigenvalue weighted by atomic mass is 79.9. The number of rotatable bonds is 2. The van der Waals surface area contributed by atoms with Crippen molar-refractivity contribution in [2.24, 2.45) is 0 Å². The van der Waals surface area contributed by atoms with Gasteiger partial charge in [-0.2, -0.15) is 0 Å². The highest BCUT2D eigenvalue weighted by Crippen LogP contribution is 2.23. The minimum absolute atomic E-state index is 0.711. The Hall–Kier alpha value is -1.01. The summed E-state index contributed by atoms with van der Waals surface area (Å²) in [5.74, 6) is 0.907. The maximum Gasteiger partial charge on any atom is 0.133 e. The van der Waals surface area contributed by atoms with Crippen LogP contribution in [0.2, 0.25) is 0 Å². The third-order valence-corrected chi connectivity index (χ3v) is 1.79. The van der Waals surface area contributed by atoms with E-state index in [4.69, 9.17) is 10.00 Å². The lowest BCUT2D eigenvalue weighted by atomic mass is 10.3. The summed E-state index contributed by atoms with van der Waals surface area (Å²) in [6, 6.07) is 7.82. The van der Waals surface area contributed by atoms with Crippen LogP contribution in [0.4, 0.5) is 0 Å². The topological polar surface area (TPSA) is 33.0 Å². The number of nitrogens with zero attached hydrogens (tertiary/aromatic N) is 1. The van der Waals surface area contributed by atoms with Crippen molar-refractivity contribution in [2.45, 2.75) is 6.92 Å². The molecule has 0 atom stereocenters. The van der Waals surface area contributed by atoms with Gasteiger partial charge in [0, 0.05) is 6.57 Å². The van der Waals surface area contributed by atoms with Gasteiger partial charge in [-0.1, -0.05) is 12.1 Å². The molecule has 3 heteroatoms. The predicted octanol–water partition coefficient (Wildman–Crippen LogP) is 2.99. The first kappa shape index (κ1) is 11.0. The maximum absolute atomic E-state index is 6.50. The van der Waals surface area contributed by atoms with Gasteiger partial charge in [0.05, 0.1) is 11.1 Å². The van der Waals surface area contributed by atoms with Gasteiger partial charge in [0.1, 0.15) is 5.75 Å². The summed E-state index contributed by atoms with van der Waals surface area (Å²) in [6.07, 6.45) is 0. The van der Waals surface area contributed by atoms with Gasteiger partial charge in [0.15, 0.2) is 0 Å². The van der Waals surface area contributed by atoms with Crippen molar-refractivity contribution in [1.82, 2.24) is 0 Å². The Bertz CT molecular complexity index is 247. The van der Waals surface area contributed by atoms with Crippen molar-refractivity contribution in [3.8, 4) is 12.3 Å². The molecule has 1 rings (SSSR count). The average Bonchev–Trinajstić information content (AvgIpc) is 2.13.